The third-order valence-corrected chi connectivity index (χ3v) is 6.34. The molecule has 0 radical (unpaired) electrons. The van der Waals surface area contributed by atoms with Gasteiger partial charge in [-0.3, -0.25) is 14.5 Å². The fourth-order valence-corrected chi connectivity index (χ4v) is 4.73. The van der Waals surface area contributed by atoms with E-state index in [9.17, 15) is 14.4 Å². The summed E-state index contributed by atoms with van der Waals surface area (Å²) in [6.45, 7) is 3.91. The van der Waals surface area contributed by atoms with Crippen LogP contribution >= 0.6 is 15.9 Å². The van der Waals surface area contributed by atoms with Crippen molar-refractivity contribution in [3.05, 3.63) is 109 Å². The lowest BCUT2D eigenvalue weighted by atomic mass is 9.98. The molecule has 34 heavy (non-hydrogen) atoms. The highest BCUT2D eigenvalue weighted by Gasteiger charge is 2.43. The van der Waals surface area contributed by atoms with E-state index in [0.29, 0.717) is 27.8 Å². The number of esters is 1. The van der Waals surface area contributed by atoms with E-state index in [2.05, 4.69) is 15.9 Å². The molecule has 1 atom stereocenters. The maximum Gasteiger partial charge on any atom is 0.338 e. The van der Waals surface area contributed by atoms with Crippen LogP contribution in [0.1, 0.15) is 50.6 Å². The van der Waals surface area contributed by atoms with Crippen LogP contribution in [0.4, 0.5) is 5.69 Å². The van der Waals surface area contributed by atoms with Crippen molar-refractivity contribution in [3.63, 3.8) is 0 Å². The Hall–Kier alpha value is -3.71. The molecule has 2 heterocycles. The number of nitrogens with zero attached hydrogens (tertiary/aromatic N) is 1. The van der Waals surface area contributed by atoms with Crippen molar-refractivity contribution in [2.75, 3.05) is 11.5 Å². The molecule has 170 valence electrons. The molecule has 0 saturated heterocycles. The monoisotopic (exact) mass is 517 g/mol. The molecule has 1 amide bonds. The summed E-state index contributed by atoms with van der Waals surface area (Å²) < 4.78 is 11.9. The van der Waals surface area contributed by atoms with Gasteiger partial charge in [-0.25, -0.2) is 4.79 Å². The van der Waals surface area contributed by atoms with Crippen LogP contribution in [-0.4, -0.2) is 18.5 Å². The summed E-state index contributed by atoms with van der Waals surface area (Å²) in [5.74, 6) is -0.823. The van der Waals surface area contributed by atoms with Crippen LogP contribution in [0, 0.1) is 6.92 Å². The lowest BCUT2D eigenvalue weighted by molar-refractivity contribution is 0.0526. The van der Waals surface area contributed by atoms with E-state index >= 15 is 0 Å². The zero-order valence-electron chi connectivity index (χ0n) is 18.5. The average molecular weight is 518 g/mol. The standard InChI is InChI=1S/C27H20BrNO5/c1-3-33-27(32)16-8-10-19(11-9-16)29-23(17-5-4-6-18(28)14-17)22-24(30)20-13-15(2)7-12-21(20)34-25(22)26(29)31/h4-14,23H,3H2,1-2H3. The maximum absolute atomic E-state index is 13.7. The predicted octanol–water partition coefficient (Wildman–Crippen LogP) is 5.79. The molecular formula is C27H20BrNO5. The largest absolute Gasteiger partial charge is 0.462 e. The molecule has 0 N–H and O–H groups in total. The molecule has 1 aliphatic heterocycles. The van der Waals surface area contributed by atoms with Crippen molar-refractivity contribution in [2.24, 2.45) is 0 Å². The summed E-state index contributed by atoms with van der Waals surface area (Å²) in [4.78, 5) is 40.9. The minimum atomic E-state index is -0.686. The number of hydrogen-bond donors (Lipinski definition) is 0. The smallest absolute Gasteiger partial charge is 0.338 e. The Morgan fingerprint density at radius 3 is 2.53 bits per heavy atom. The number of halogens is 1. The number of amides is 1. The molecule has 5 rings (SSSR count). The van der Waals surface area contributed by atoms with Gasteiger partial charge in [0.1, 0.15) is 5.58 Å². The third-order valence-electron chi connectivity index (χ3n) is 5.85. The number of carbonyl (C=O) groups excluding carboxylic acids is 2. The molecule has 4 aromatic rings. The molecule has 1 aromatic heterocycles. The predicted molar refractivity (Wildman–Crippen MR) is 132 cm³/mol. The van der Waals surface area contributed by atoms with Crippen molar-refractivity contribution in [2.45, 2.75) is 19.9 Å². The van der Waals surface area contributed by atoms with Crippen molar-refractivity contribution in [3.8, 4) is 0 Å². The van der Waals surface area contributed by atoms with Gasteiger partial charge in [0.2, 0.25) is 5.76 Å². The van der Waals surface area contributed by atoms with Gasteiger partial charge >= 0.3 is 5.97 Å². The van der Waals surface area contributed by atoms with Crippen molar-refractivity contribution in [1.29, 1.82) is 0 Å². The van der Waals surface area contributed by atoms with E-state index in [1.54, 1.807) is 43.3 Å². The van der Waals surface area contributed by atoms with Crippen LogP contribution in [0.2, 0.25) is 0 Å². The highest BCUT2D eigenvalue weighted by Crippen LogP contribution is 2.41. The Morgan fingerprint density at radius 1 is 1.06 bits per heavy atom. The first-order chi connectivity index (χ1) is 16.4. The zero-order valence-corrected chi connectivity index (χ0v) is 20.1. The van der Waals surface area contributed by atoms with Gasteiger partial charge in [0.25, 0.3) is 5.91 Å². The summed E-state index contributed by atoms with van der Waals surface area (Å²) >= 11 is 3.49. The first kappa shape index (κ1) is 22.1. The molecule has 6 nitrogen and oxygen atoms in total. The van der Waals surface area contributed by atoms with Crippen LogP contribution in [0.25, 0.3) is 11.0 Å². The van der Waals surface area contributed by atoms with Gasteiger partial charge < -0.3 is 9.15 Å². The van der Waals surface area contributed by atoms with Gasteiger partial charge in [-0.2, -0.15) is 0 Å². The van der Waals surface area contributed by atoms with E-state index in [1.165, 1.54) is 4.90 Å². The maximum atomic E-state index is 13.7. The number of hydrogen-bond acceptors (Lipinski definition) is 5. The zero-order chi connectivity index (χ0) is 24.0. The number of aryl methyl sites for hydroxylation is 1. The number of benzene rings is 3. The third kappa shape index (κ3) is 3.62. The molecule has 0 aliphatic carbocycles. The molecule has 0 bridgehead atoms. The van der Waals surface area contributed by atoms with E-state index in [-0.39, 0.29) is 17.8 Å². The summed E-state index contributed by atoms with van der Waals surface area (Å²) in [6, 6.07) is 18.7. The van der Waals surface area contributed by atoms with Gasteiger partial charge in [-0.1, -0.05) is 39.7 Å². The number of fused-ring (bicyclic) bond motifs is 2. The van der Waals surface area contributed by atoms with Crippen molar-refractivity contribution >= 4 is 44.5 Å². The van der Waals surface area contributed by atoms with Gasteiger partial charge in [-0.15, -0.1) is 0 Å². The lowest BCUT2D eigenvalue weighted by Crippen LogP contribution is -2.29. The van der Waals surface area contributed by atoms with Gasteiger partial charge in [0, 0.05) is 10.2 Å². The van der Waals surface area contributed by atoms with E-state index in [0.717, 1.165) is 15.6 Å². The fraction of sp³-hybridized carbons (Fsp3) is 0.148. The van der Waals surface area contributed by atoms with Gasteiger partial charge in [0.05, 0.1) is 29.2 Å². The van der Waals surface area contributed by atoms with Crippen LogP contribution in [0.15, 0.2) is 80.4 Å². The van der Waals surface area contributed by atoms with Crippen LogP contribution in [0.3, 0.4) is 0 Å². The number of ether oxygens (including phenoxy) is 1. The molecule has 1 unspecified atom stereocenters. The van der Waals surface area contributed by atoms with Crippen LogP contribution < -0.4 is 10.3 Å². The highest BCUT2D eigenvalue weighted by atomic mass is 79.9. The summed E-state index contributed by atoms with van der Waals surface area (Å²) in [6.07, 6.45) is 0. The average Bonchev–Trinajstić information content (AvgIpc) is 3.12. The molecule has 7 heteroatoms. The minimum absolute atomic E-state index is 0.0285. The van der Waals surface area contributed by atoms with E-state index in [1.807, 2.05) is 37.3 Å². The van der Waals surface area contributed by atoms with Gasteiger partial charge in [-0.05, 0) is 67.9 Å². The second kappa shape index (κ2) is 8.57. The Kier molecular flexibility index (Phi) is 5.57. The Balaban J connectivity index is 1.71. The molecule has 0 saturated carbocycles. The topological polar surface area (TPSA) is 76.8 Å². The highest BCUT2D eigenvalue weighted by molar-refractivity contribution is 9.10. The summed E-state index contributed by atoms with van der Waals surface area (Å²) in [5, 5.41) is 0.436. The Bertz CT molecular complexity index is 1510. The minimum Gasteiger partial charge on any atom is -0.462 e. The normalized spacial score (nSPS) is 15.0. The molecule has 0 fully saturated rings. The first-order valence-corrected chi connectivity index (χ1v) is 11.6. The second-order valence-corrected chi connectivity index (χ2v) is 8.99. The number of rotatable bonds is 4. The molecular weight excluding hydrogens is 498 g/mol. The molecule has 0 spiro atoms. The SMILES string of the molecule is CCOC(=O)c1ccc(N2C(=O)c3oc4ccc(C)cc4c(=O)c3C2c2cccc(Br)c2)cc1. The lowest BCUT2D eigenvalue weighted by Gasteiger charge is -2.25. The van der Waals surface area contributed by atoms with Crippen LogP contribution in [-0.2, 0) is 4.74 Å². The van der Waals surface area contributed by atoms with E-state index in [4.69, 9.17) is 9.15 Å². The number of carbonyl (C=O) groups is 2. The fourth-order valence-electron chi connectivity index (χ4n) is 4.32. The second-order valence-electron chi connectivity index (χ2n) is 8.07. The Morgan fingerprint density at radius 2 is 1.82 bits per heavy atom. The van der Waals surface area contributed by atoms with Crippen molar-refractivity contribution < 1.29 is 18.7 Å². The van der Waals surface area contributed by atoms with Crippen molar-refractivity contribution in [1.82, 2.24) is 0 Å². The van der Waals surface area contributed by atoms with Crippen LogP contribution in [0.5, 0.6) is 0 Å². The van der Waals surface area contributed by atoms with Gasteiger partial charge in [0.15, 0.2) is 5.43 Å². The quantitative estimate of drug-likeness (QED) is 0.320. The first-order valence-electron chi connectivity index (χ1n) is 10.8. The van der Waals surface area contributed by atoms with E-state index < -0.39 is 17.9 Å². The molecule has 1 aliphatic rings. The molecule has 3 aromatic carbocycles. The summed E-state index contributed by atoms with van der Waals surface area (Å²) in [7, 11) is 0. The Labute approximate surface area is 203 Å². The summed E-state index contributed by atoms with van der Waals surface area (Å²) in [5.41, 5.74) is 3.04. The number of anilines is 1.